The van der Waals surface area contributed by atoms with Crippen LogP contribution in [0.1, 0.15) is 16.2 Å². The van der Waals surface area contributed by atoms with Crippen LogP contribution in [-0.4, -0.2) is 21.7 Å². The maximum absolute atomic E-state index is 12.5. The molecular formula is C16H11ClF3N3O2. The Morgan fingerprint density at radius 2 is 2.04 bits per heavy atom. The zero-order valence-electron chi connectivity index (χ0n) is 12.8. The van der Waals surface area contributed by atoms with Crippen molar-refractivity contribution >= 4 is 28.8 Å². The van der Waals surface area contributed by atoms with Gasteiger partial charge in [-0.1, -0.05) is 17.7 Å². The molecule has 1 aromatic carbocycles. The van der Waals surface area contributed by atoms with Crippen LogP contribution in [-0.2, 0) is 0 Å². The molecule has 0 fully saturated rings. The van der Waals surface area contributed by atoms with Gasteiger partial charge in [0, 0.05) is 29.0 Å². The molecule has 2 heterocycles. The molecule has 9 heteroatoms. The number of aryl methyl sites for hydroxylation is 1. The van der Waals surface area contributed by atoms with E-state index in [1.54, 1.807) is 29.7 Å². The Kier molecular flexibility index (Phi) is 4.30. The fourth-order valence-corrected chi connectivity index (χ4v) is 2.53. The van der Waals surface area contributed by atoms with Gasteiger partial charge in [0.05, 0.1) is 5.69 Å². The molecule has 1 amide bonds. The van der Waals surface area contributed by atoms with Gasteiger partial charge in [-0.2, -0.15) is 0 Å². The van der Waals surface area contributed by atoms with E-state index < -0.39 is 18.0 Å². The summed E-state index contributed by atoms with van der Waals surface area (Å²) in [6.45, 7) is 1.65. The first kappa shape index (κ1) is 17.1. The number of nitrogens with zero attached hydrogens (tertiary/aromatic N) is 2. The topological polar surface area (TPSA) is 55.6 Å². The van der Waals surface area contributed by atoms with Crippen molar-refractivity contribution in [2.75, 3.05) is 5.32 Å². The SMILES string of the molecule is Cc1nc2cc(Cl)ccn2c1C(=O)Nc1cccc(OC(F)(F)F)c1. The highest BCUT2D eigenvalue weighted by atomic mass is 35.5. The Bertz CT molecular complexity index is 953. The minimum absolute atomic E-state index is 0.162. The molecule has 0 radical (unpaired) electrons. The van der Waals surface area contributed by atoms with Gasteiger partial charge in [0.15, 0.2) is 0 Å². The van der Waals surface area contributed by atoms with Gasteiger partial charge in [-0.15, -0.1) is 13.2 Å². The van der Waals surface area contributed by atoms with E-state index in [0.29, 0.717) is 16.4 Å². The lowest BCUT2D eigenvalue weighted by atomic mass is 10.2. The molecule has 2 aromatic heterocycles. The van der Waals surface area contributed by atoms with Gasteiger partial charge in [-0.05, 0) is 25.1 Å². The Morgan fingerprint density at radius 3 is 2.76 bits per heavy atom. The summed E-state index contributed by atoms with van der Waals surface area (Å²) in [7, 11) is 0. The number of ether oxygens (including phenoxy) is 1. The largest absolute Gasteiger partial charge is 0.573 e. The molecule has 1 N–H and O–H groups in total. The quantitative estimate of drug-likeness (QED) is 0.742. The molecule has 0 bridgehead atoms. The summed E-state index contributed by atoms with van der Waals surface area (Å²) in [6, 6.07) is 8.23. The molecule has 5 nitrogen and oxygen atoms in total. The molecule has 0 atom stereocenters. The third-order valence-electron chi connectivity index (χ3n) is 3.30. The van der Waals surface area contributed by atoms with Gasteiger partial charge in [0.25, 0.3) is 5.91 Å². The maximum atomic E-state index is 12.5. The molecule has 25 heavy (non-hydrogen) atoms. The fourth-order valence-electron chi connectivity index (χ4n) is 2.37. The predicted octanol–water partition coefficient (Wildman–Crippen LogP) is 4.45. The minimum atomic E-state index is -4.81. The number of alkyl halides is 3. The number of aromatic nitrogens is 2. The van der Waals surface area contributed by atoms with Crippen LogP contribution in [0.5, 0.6) is 5.75 Å². The summed E-state index contributed by atoms with van der Waals surface area (Å²) in [4.78, 5) is 16.8. The van der Waals surface area contributed by atoms with Crippen LogP contribution >= 0.6 is 11.6 Å². The third kappa shape index (κ3) is 3.85. The number of hydrogen-bond donors (Lipinski definition) is 1. The van der Waals surface area contributed by atoms with Crippen LogP contribution in [0.2, 0.25) is 5.02 Å². The molecule has 3 rings (SSSR count). The van der Waals surface area contributed by atoms with Crippen molar-refractivity contribution in [1.82, 2.24) is 9.38 Å². The zero-order valence-corrected chi connectivity index (χ0v) is 13.5. The lowest BCUT2D eigenvalue weighted by Crippen LogP contribution is -2.18. The smallest absolute Gasteiger partial charge is 0.406 e. The van der Waals surface area contributed by atoms with E-state index in [2.05, 4.69) is 15.0 Å². The van der Waals surface area contributed by atoms with Crippen molar-refractivity contribution in [2.45, 2.75) is 13.3 Å². The predicted molar refractivity (Wildman–Crippen MR) is 86.0 cm³/mol. The second kappa shape index (κ2) is 6.29. The normalized spacial score (nSPS) is 11.6. The molecule has 0 aliphatic rings. The highest BCUT2D eigenvalue weighted by Gasteiger charge is 2.31. The molecule has 3 aromatic rings. The summed E-state index contributed by atoms with van der Waals surface area (Å²) < 4.78 is 42.2. The Labute approximate surface area is 145 Å². The molecule has 0 aliphatic heterocycles. The third-order valence-corrected chi connectivity index (χ3v) is 3.54. The summed E-state index contributed by atoms with van der Waals surface area (Å²) in [5.74, 6) is -0.941. The number of carbonyl (C=O) groups excluding carboxylic acids is 1. The minimum Gasteiger partial charge on any atom is -0.406 e. The van der Waals surface area contributed by atoms with Crippen LogP contribution in [0.25, 0.3) is 5.65 Å². The Hall–Kier alpha value is -2.74. The van der Waals surface area contributed by atoms with Gasteiger partial charge in [-0.25, -0.2) is 4.98 Å². The number of halogens is 4. The second-order valence-corrected chi connectivity index (χ2v) is 5.59. The van der Waals surface area contributed by atoms with Crippen LogP contribution in [0.3, 0.4) is 0 Å². The number of imidazole rings is 1. The monoisotopic (exact) mass is 369 g/mol. The summed E-state index contributed by atoms with van der Waals surface area (Å²) in [6.07, 6.45) is -3.21. The van der Waals surface area contributed by atoms with E-state index in [9.17, 15) is 18.0 Å². The van der Waals surface area contributed by atoms with Gasteiger partial charge >= 0.3 is 6.36 Å². The lowest BCUT2D eigenvalue weighted by Gasteiger charge is -2.11. The van der Waals surface area contributed by atoms with Crippen molar-refractivity contribution in [1.29, 1.82) is 0 Å². The number of carbonyl (C=O) groups is 1. The Balaban J connectivity index is 1.88. The van der Waals surface area contributed by atoms with Crippen molar-refractivity contribution in [3.8, 4) is 5.75 Å². The summed E-state index contributed by atoms with van der Waals surface area (Å²) in [5, 5.41) is 3.01. The van der Waals surface area contributed by atoms with E-state index in [-0.39, 0.29) is 11.4 Å². The molecule has 130 valence electrons. The zero-order chi connectivity index (χ0) is 18.2. The first-order valence-corrected chi connectivity index (χ1v) is 7.42. The molecule has 0 aliphatic carbocycles. The van der Waals surface area contributed by atoms with Crippen LogP contribution in [0.4, 0.5) is 18.9 Å². The molecule has 0 saturated carbocycles. The fraction of sp³-hybridized carbons (Fsp3) is 0.125. The average Bonchev–Trinajstić information content (AvgIpc) is 2.80. The molecule has 0 saturated heterocycles. The van der Waals surface area contributed by atoms with Gasteiger partial charge in [-0.3, -0.25) is 9.20 Å². The lowest BCUT2D eigenvalue weighted by molar-refractivity contribution is -0.274. The van der Waals surface area contributed by atoms with Crippen molar-refractivity contribution in [2.24, 2.45) is 0 Å². The van der Waals surface area contributed by atoms with Gasteiger partial charge < -0.3 is 10.1 Å². The second-order valence-electron chi connectivity index (χ2n) is 5.15. The standard InChI is InChI=1S/C16H11ClF3N3O2/c1-9-14(23-6-5-10(17)7-13(23)21-9)15(24)22-11-3-2-4-12(8-11)25-16(18,19)20/h2-8H,1H3,(H,22,24). The number of pyridine rings is 1. The highest BCUT2D eigenvalue weighted by molar-refractivity contribution is 6.30. The van der Waals surface area contributed by atoms with E-state index in [1.807, 2.05) is 0 Å². The van der Waals surface area contributed by atoms with Crippen LogP contribution < -0.4 is 10.1 Å². The number of amides is 1. The van der Waals surface area contributed by atoms with Crippen LogP contribution in [0, 0.1) is 6.92 Å². The van der Waals surface area contributed by atoms with Gasteiger partial charge in [0.1, 0.15) is 17.1 Å². The number of fused-ring (bicyclic) bond motifs is 1. The molecule has 0 spiro atoms. The first-order valence-electron chi connectivity index (χ1n) is 7.04. The summed E-state index contributed by atoms with van der Waals surface area (Å²) in [5.41, 5.74) is 1.37. The molecule has 0 unspecified atom stereocenters. The molecular weight excluding hydrogens is 359 g/mol. The Morgan fingerprint density at radius 1 is 1.28 bits per heavy atom. The first-order chi connectivity index (χ1) is 11.7. The van der Waals surface area contributed by atoms with Crippen molar-refractivity contribution in [3.63, 3.8) is 0 Å². The number of nitrogens with one attached hydrogen (secondary N) is 1. The van der Waals surface area contributed by atoms with E-state index >= 15 is 0 Å². The number of benzene rings is 1. The van der Waals surface area contributed by atoms with Crippen molar-refractivity contribution < 1.29 is 22.7 Å². The van der Waals surface area contributed by atoms with Gasteiger partial charge in [0.2, 0.25) is 0 Å². The van der Waals surface area contributed by atoms with E-state index in [4.69, 9.17) is 11.6 Å². The maximum Gasteiger partial charge on any atom is 0.573 e. The van der Waals surface area contributed by atoms with E-state index in [1.165, 1.54) is 12.1 Å². The number of anilines is 1. The number of hydrogen-bond acceptors (Lipinski definition) is 3. The van der Waals surface area contributed by atoms with Crippen LogP contribution in [0.15, 0.2) is 42.6 Å². The summed E-state index contributed by atoms with van der Waals surface area (Å²) >= 11 is 5.90. The average molecular weight is 370 g/mol. The van der Waals surface area contributed by atoms with E-state index in [0.717, 1.165) is 12.1 Å². The van der Waals surface area contributed by atoms with Crippen molar-refractivity contribution in [3.05, 3.63) is 59.0 Å². The highest BCUT2D eigenvalue weighted by Crippen LogP contribution is 2.25. The number of rotatable bonds is 3.